The molecule has 2 heterocycles. The average Bonchev–Trinajstić information content (AvgIpc) is 3.21. The molecule has 0 unspecified atom stereocenters. The molecule has 0 saturated carbocycles. The SMILES string of the molecule is Cc1cc(-c2cnc(-c3cc[n+](CCCS(=O)(=O)O)c4ccccc34)o2)cc(C)c1C. The van der Waals surface area contributed by atoms with Gasteiger partial charge in [-0.2, -0.15) is 13.0 Å². The molecule has 0 aliphatic carbocycles. The summed E-state index contributed by atoms with van der Waals surface area (Å²) in [7, 11) is -3.97. The minimum Gasteiger partial charge on any atom is -0.436 e. The second-order valence-electron chi connectivity index (χ2n) is 7.84. The Bertz CT molecular complexity index is 1350. The highest BCUT2D eigenvalue weighted by atomic mass is 32.2. The summed E-state index contributed by atoms with van der Waals surface area (Å²) < 4.78 is 39.2. The summed E-state index contributed by atoms with van der Waals surface area (Å²) in [5, 5.41) is 0.960. The van der Waals surface area contributed by atoms with E-state index >= 15 is 0 Å². The number of fused-ring (bicyclic) bond motifs is 1. The number of para-hydroxylation sites is 1. The third-order valence-electron chi connectivity index (χ3n) is 5.67. The molecule has 4 aromatic rings. The van der Waals surface area contributed by atoms with E-state index in [0.29, 0.717) is 18.9 Å². The molecule has 2 aromatic heterocycles. The van der Waals surface area contributed by atoms with Crippen LogP contribution in [0.1, 0.15) is 23.1 Å². The summed E-state index contributed by atoms with van der Waals surface area (Å²) >= 11 is 0. The molecule has 2 aromatic carbocycles. The molecule has 4 rings (SSSR count). The van der Waals surface area contributed by atoms with Gasteiger partial charge >= 0.3 is 0 Å². The molecule has 0 aliphatic heterocycles. The van der Waals surface area contributed by atoms with Gasteiger partial charge in [0.15, 0.2) is 12.0 Å². The van der Waals surface area contributed by atoms with Crippen LogP contribution in [0.25, 0.3) is 33.7 Å². The van der Waals surface area contributed by atoms with Gasteiger partial charge in [-0.25, -0.2) is 4.98 Å². The van der Waals surface area contributed by atoms with Crippen LogP contribution in [0.4, 0.5) is 0 Å². The predicted octanol–water partition coefficient (Wildman–Crippen LogP) is 4.65. The molecule has 0 spiro atoms. The number of oxazole rings is 1. The van der Waals surface area contributed by atoms with Crippen LogP contribution in [0, 0.1) is 20.8 Å². The molecule has 0 amide bonds. The van der Waals surface area contributed by atoms with E-state index in [2.05, 4.69) is 37.9 Å². The first-order valence-electron chi connectivity index (χ1n) is 10.1. The minimum absolute atomic E-state index is 0.269. The molecule has 0 bridgehead atoms. The van der Waals surface area contributed by atoms with E-state index in [1.165, 1.54) is 16.7 Å². The summed E-state index contributed by atoms with van der Waals surface area (Å²) in [5.41, 5.74) is 6.51. The van der Waals surface area contributed by atoms with E-state index in [-0.39, 0.29) is 5.75 Å². The first-order chi connectivity index (χ1) is 14.7. The van der Waals surface area contributed by atoms with Crippen LogP contribution < -0.4 is 4.57 Å². The fourth-order valence-corrected chi connectivity index (χ4v) is 4.29. The van der Waals surface area contributed by atoms with Gasteiger partial charge in [-0.15, -0.1) is 0 Å². The number of aryl methyl sites for hydroxylation is 3. The van der Waals surface area contributed by atoms with Gasteiger partial charge in [0, 0.05) is 24.1 Å². The second-order valence-corrected chi connectivity index (χ2v) is 9.42. The lowest BCUT2D eigenvalue weighted by Crippen LogP contribution is -2.35. The van der Waals surface area contributed by atoms with Crippen LogP contribution in [-0.4, -0.2) is 23.7 Å². The van der Waals surface area contributed by atoms with Crippen molar-refractivity contribution < 1.29 is 22.0 Å². The number of pyridine rings is 1. The van der Waals surface area contributed by atoms with Crippen molar-refractivity contribution in [2.45, 2.75) is 33.7 Å². The Morgan fingerprint density at radius 1 is 1.06 bits per heavy atom. The van der Waals surface area contributed by atoms with E-state index in [9.17, 15) is 8.42 Å². The smallest absolute Gasteiger partial charge is 0.265 e. The first kappa shape index (κ1) is 21.2. The zero-order valence-corrected chi connectivity index (χ0v) is 18.6. The number of benzene rings is 2. The number of rotatable bonds is 6. The topological polar surface area (TPSA) is 84.3 Å². The molecule has 7 heteroatoms. The van der Waals surface area contributed by atoms with E-state index in [0.717, 1.165) is 27.8 Å². The lowest BCUT2D eigenvalue weighted by molar-refractivity contribution is -0.671. The molecular weight excluding hydrogens is 412 g/mol. The van der Waals surface area contributed by atoms with E-state index in [1.54, 1.807) is 6.20 Å². The molecule has 0 fully saturated rings. The largest absolute Gasteiger partial charge is 0.436 e. The Morgan fingerprint density at radius 2 is 1.77 bits per heavy atom. The van der Waals surface area contributed by atoms with Crippen LogP contribution in [0.15, 0.2) is 59.3 Å². The van der Waals surface area contributed by atoms with Gasteiger partial charge in [-0.05, 0) is 55.7 Å². The maximum Gasteiger partial charge on any atom is 0.265 e. The van der Waals surface area contributed by atoms with Crippen LogP contribution in [-0.2, 0) is 16.7 Å². The third-order valence-corrected chi connectivity index (χ3v) is 6.48. The summed E-state index contributed by atoms with van der Waals surface area (Å²) in [5.74, 6) is 0.983. The average molecular weight is 438 g/mol. The fourth-order valence-electron chi connectivity index (χ4n) is 3.80. The quantitative estimate of drug-likeness (QED) is 0.351. The minimum atomic E-state index is -3.97. The van der Waals surface area contributed by atoms with Crippen molar-refractivity contribution in [3.05, 3.63) is 71.5 Å². The van der Waals surface area contributed by atoms with Crippen molar-refractivity contribution in [2.75, 3.05) is 5.75 Å². The number of hydrogen-bond donors (Lipinski definition) is 1. The van der Waals surface area contributed by atoms with Crippen molar-refractivity contribution >= 4 is 21.0 Å². The Balaban J connectivity index is 1.71. The van der Waals surface area contributed by atoms with Gasteiger partial charge in [0.2, 0.25) is 11.4 Å². The van der Waals surface area contributed by atoms with Crippen molar-refractivity contribution in [2.24, 2.45) is 0 Å². The zero-order chi connectivity index (χ0) is 22.2. The van der Waals surface area contributed by atoms with Gasteiger partial charge in [0.05, 0.1) is 22.9 Å². The molecule has 0 radical (unpaired) electrons. The molecular formula is C24H25N2O4S+. The Hall–Kier alpha value is -3.03. The highest BCUT2D eigenvalue weighted by molar-refractivity contribution is 7.85. The molecule has 0 saturated heterocycles. The lowest BCUT2D eigenvalue weighted by Gasteiger charge is -2.07. The molecule has 31 heavy (non-hydrogen) atoms. The monoisotopic (exact) mass is 437 g/mol. The number of aromatic nitrogens is 2. The highest BCUT2D eigenvalue weighted by Gasteiger charge is 2.18. The fraction of sp³-hybridized carbons (Fsp3) is 0.250. The van der Waals surface area contributed by atoms with Crippen molar-refractivity contribution in [1.29, 1.82) is 0 Å². The summed E-state index contributed by atoms with van der Waals surface area (Å²) in [6, 6.07) is 14.0. The van der Waals surface area contributed by atoms with Gasteiger partial charge < -0.3 is 4.42 Å². The molecule has 0 aliphatic rings. The maximum atomic E-state index is 11.0. The van der Waals surface area contributed by atoms with Crippen LogP contribution in [0.2, 0.25) is 0 Å². The number of hydrogen-bond acceptors (Lipinski definition) is 4. The number of nitrogens with zero attached hydrogens (tertiary/aromatic N) is 2. The Labute approximate surface area is 181 Å². The molecule has 1 N–H and O–H groups in total. The van der Waals surface area contributed by atoms with Crippen molar-refractivity contribution in [3.8, 4) is 22.8 Å². The third kappa shape index (κ3) is 4.52. The van der Waals surface area contributed by atoms with E-state index < -0.39 is 10.1 Å². The lowest BCUT2D eigenvalue weighted by atomic mass is 10.00. The van der Waals surface area contributed by atoms with Crippen molar-refractivity contribution in [3.63, 3.8) is 0 Å². The first-order valence-corrected chi connectivity index (χ1v) is 11.7. The van der Waals surface area contributed by atoms with Gasteiger partial charge in [0.1, 0.15) is 6.54 Å². The van der Waals surface area contributed by atoms with E-state index in [4.69, 9.17) is 8.97 Å². The Kier molecular flexibility index (Phi) is 5.64. The standard InChI is InChI=1S/C24H24N2O4S/c1-16-13-19(14-17(2)18(16)3)23-15-25-24(30-23)21-9-11-26(10-6-12-31(27,28)29)22-8-5-4-7-20(21)22/h4-5,7-9,11,13-15H,6,10,12H2,1-3H3/p+1. The summed E-state index contributed by atoms with van der Waals surface area (Å²) in [6.07, 6.45) is 3.97. The maximum absolute atomic E-state index is 11.0. The van der Waals surface area contributed by atoms with Crippen LogP contribution in [0.5, 0.6) is 0 Å². The van der Waals surface area contributed by atoms with Gasteiger partial charge in [-0.1, -0.05) is 12.1 Å². The zero-order valence-electron chi connectivity index (χ0n) is 17.8. The summed E-state index contributed by atoms with van der Waals surface area (Å²) in [6.45, 7) is 6.77. The van der Waals surface area contributed by atoms with E-state index in [1.807, 2.05) is 41.1 Å². The van der Waals surface area contributed by atoms with Crippen molar-refractivity contribution in [1.82, 2.24) is 4.98 Å². The normalized spacial score (nSPS) is 11.9. The molecule has 6 nitrogen and oxygen atoms in total. The van der Waals surface area contributed by atoms with Gasteiger partial charge in [0.25, 0.3) is 10.1 Å². The molecule has 160 valence electrons. The van der Waals surface area contributed by atoms with Crippen LogP contribution in [0.3, 0.4) is 0 Å². The molecule has 0 atom stereocenters. The Morgan fingerprint density at radius 3 is 2.48 bits per heavy atom. The second kappa shape index (κ2) is 8.24. The van der Waals surface area contributed by atoms with Crippen LogP contribution >= 0.6 is 0 Å². The highest BCUT2D eigenvalue weighted by Crippen LogP contribution is 2.31. The summed E-state index contributed by atoms with van der Waals surface area (Å²) in [4.78, 5) is 4.53. The van der Waals surface area contributed by atoms with Gasteiger partial charge in [-0.3, -0.25) is 4.55 Å². The predicted molar refractivity (Wildman–Crippen MR) is 120 cm³/mol.